The summed E-state index contributed by atoms with van der Waals surface area (Å²) < 4.78 is 0. The largest absolute Gasteiger partial charge is 0.352 e. The zero-order chi connectivity index (χ0) is 14.5. The van der Waals surface area contributed by atoms with Crippen LogP contribution in [0.4, 0.5) is 5.82 Å². The quantitative estimate of drug-likeness (QED) is 0.658. The second-order valence-corrected chi connectivity index (χ2v) is 5.82. The summed E-state index contributed by atoms with van der Waals surface area (Å²) in [6, 6.07) is 2.19. The Hall–Kier alpha value is -1.35. The molecule has 110 valence electrons. The highest BCUT2D eigenvalue weighted by atomic mass is 15.2. The lowest BCUT2D eigenvalue weighted by Crippen LogP contribution is -2.32. The number of aromatic nitrogens is 1. The molecule has 1 aliphatic heterocycles. The van der Waals surface area contributed by atoms with Crippen LogP contribution in [0.3, 0.4) is 0 Å². The second-order valence-electron chi connectivity index (χ2n) is 5.82. The third-order valence-corrected chi connectivity index (χ3v) is 3.81. The Morgan fingerprint density at radius 3 is 2.80 bits per heavy atom. The van der Waals surface area contributed by atoms with E-state index in [0.29, 0.717) is 0 Å². The van der Waals surface area contributed by atoms with E-state index in [1.54, 1.807) is 0 Å². The molecule has 3 nitrogen and oxygen atoms in total. The van der Waals surface area contributed by atoms with Crippen LogP contribution in [-0.2, 0) is 6.54 Å². The van der Waals surface area contributed by atoms with Gasteiger partial charge in [0.15, 0.2) is 0 Å². The highest BCUT2D eigenvalue weighted by Gasteiger charge is 2.17. The molecule has 3 heteroatoms. The summed E-state index contributed by atoms with van der Waals surface area (Å²) in [7, 11) is 0. The van der Waals surface area contributed by atoms with E-state index in [9.17, 15) is 0 Å². The Morgan fingerprint density at radius 1 is 1.30 bits per heavy atom. The first-order valence-electron chi connectivity index (χ1n) is 7.70. The second kappa shape index (κ2) is 6.89. The normalized spacial score (nSPS) is 15.4. The molecule has 1 aliphatic rings. The standard InChI is InChI=1S/C17H27N3/c1-5-8-18-11-16-14(3)10-15(4)19-17(16)20-9-6-7-13(2)12-20/h7,10,18H,5-6,8-9,11-12H2,1-4H3. The molecule has 0 atom stereocenters. The van der Waals surface area contributed by atoms with Crippen molar-refractivity contribution in [3.63, 3.8) is 0 Å². The summed E-state index contributed by atoms with van der Waals surface area (Å²) in [5.41, 5.74) is 5.27. The highest BCUT2D eigenvalue weighted by molar-refractivity contribution is 5.53. The number of nitrogens with zero attached hydrogens (tertiary/aromatic N) is 2. The van der Waals surface area contributed by atoms with E-state index in [4.69, 9.17) is 4.98 Å². The molecule has 1 aromatic heterocycles. The number of hydrogen-bond acceptors (Lipinski definition) is 3. The molecular weight excluding hydrogens is 246 g/mol. The predicted molar refractivity (Wildman–Crippen MR) is 86.3 cm³/mol. The Bertz CT molecular complexity index is 491. The first kappa shape index (κ1) is 15.0. The first-order chi connectivity index (χ1) is 9.61. The fourth-order valence-electron chi connectivity index (χ4n) is 2.81. The molecule has 1 aromatic rings. The predicted octanol–water partition coefficient (Wildman–Crippen LogP) is 3.35. The van der Waals surface area contributed by atoms with Crippen LogP contribution >= 0.6 is 0 Å². The van der Waals surface area contributed by atoms with Gasteiger partial charge in [0.05, 0.1) is 0 Å². The topological polar surface area (TPSA) is 28.2 Å². The Kier molecular flexibility index (Phi) is 5.18. The van der Waals surface area contributed by atoms with Gasteiger partial charge < -0.3 is 10.2 Å². The molecule has 2 heterocycles. The van der Waals surface area contributed by atoms with Gasteiger partial charge in [0.25, 0.3) is 0 Å². The third kappa shape index (κ3) is 3.60. The van der Waals surface area contributed by atoms with E-state index in [0.717, 1.165) is 38.3 Å². The molecule has 20 heavy (non-hydrogen) atoms. The molecule has 0 saturated heterocycles. The molecule has 1 N–H and O–H groups in total. The van der Waals surface area contributed by atoms with Gasteiger partial charge in [-0.3, -0.25) is 0 Å². The van der Waals surface area contributed by atoms with E-state index < -0.39 is 0 Å². The molecule has 2 rings (SSSR count). The monoisotopic (exact) mass is 273 g/mol. The SMILES string of the molecule is CCCNCc1c(C)cc(C)nc1N1CCC=C(C)C1. The van der Waals surface area contributed by atoms with E-state index >= 15 is 0 Å². The number of anilines is 1. The van der Waals surface area contributed by atoms with Gasteiger partial charge in [-0.2, -0.15) is 0 Å². The summed E-state index contributed by atoms with van der Waals surface area (Å²) in [6.07, 6.45) is 4.63. The van der Waals surface area contributed by atoms with Crippen LogP contribution in [0.2, 0.25) is 0 Å². The van der Waals surface area contributed by atoms with Crippen molar-refractivity contribution in [3.8, 4) is 0 Å². The van der Waals surface area contributed by atoms with Crippen LogP contribution in [-0.4, -0.2) is 24.6 Å². The molecule has 0 fully saturated rings. The van der Waals surface area contributed by atoms with Crippen LogP contribution < -0.4 is 10.2 Å². The van der Waals surface area contributed by atoms with E-state index in [1.807, 2.05) is 0 Å². The summed E-state index contributed by atoms with van der Waals surface area (Å²) >= 11 is 0. The molecule has 0 radical (unpaired) electrons. The van der Waals surface area contributed by atoms with Gasteiger partial charge in [-0.15, -0.1) is 0 Å². The van der Waals surface area contributed by atoms with Crippen molar-refractivity contribution >= 4 is 5.82 Å². The van der Waals surface area contributed by atoms with Gasteiger partial charge in [-0.05, 0) is 51.8 Å². The van der Waals surface area contributed by atoms with E-state index in [-0.39, 0.29) is 0 Å². The molecule has 0 aliphatic carbocycles. The van der Waals surface area contributed by atoms with Gasteiger partial charge in [0.1, 0.15) is 5.82 Å². The van der Waals surface area contributed by atoms with Crippen molar-refractivity contribution in [2.45, 2.75) is 47.1 Å². The molecule has 0 saturated carbocycles. The molecule has 0 bridgehead atoms. The molecule has 0 amide bonds. The van der Waals surface area contributed by atoms with Crippen molar-refractivity contribution in [1.82, 2.24) is 10.3 Å². The maximum absolute atomic E-state index is 4.83. The number of nitrogens with one attached hydrogen (secondary N) is 1. The summed E-state index contributed by atoms with van der Waals surface area (Å²) in [6.45, 7) is 12.8. The fraction of sp³-hybridized carbons (Fsp3) is 0.588. The summed E-state index contributed by atoms with van der Waals surface area (Å²) in [5, 5.41) is 3.52. The number of hydrogen-bond donors (Lipinski definition) is 1. The average molecular weight is 273 g/mol. The lowest BCUT2D eigenvalue weighted by Gasteiger charge is -2.30. The van der Waals surface area contributed by atoms with Crippen molar-refractivity contribution in [1.29, 1.82) is 0 Å². The lowest BCUT2D eigenvalue weighted by atomic mass is 10.1. The van der Waals surface area contributed by atoms with Crippen LogP contribution in [0.25, 0.3) is 0 Å². The fourth-order valence-corrected chi connectivity index (χ4v) is 2.81. The minimum Gasteiger partial charge on any atom is -0.352 e. The Balaban J connectivity index is 2.27. The van der Waals surface area contributed by atoms with Gasteiger partial charge in [0.2, 0.25) is 0 Å². The molecular formula is C17H27N3. The summed E-state index contributed by atoms with van der Waals surface area (Å²) in [4.78, 5) is 7.26. The van der Waals surface area contributed by atoms with Crippen LogP contribution in [0, 0.1) is 13.8 Å². The van der Waals surface area contributed by atoms with Crippen molar-refractivity contribution in [2.24, 2.45) is 0 Å². The minimum absolute atomic E-state index is 0.918. The number of rotatable bonds is 5. The lowest BCUT2D eigenvalue weighted by molar-refractivity contribution is 0.665. The molecule has 0 spiro atoms. The van der Waals surface area contributed by atoms with Crippen LogP contribution in [0.5, 0.6) is 0 Å². The number of pyridine rings is 1. The van der Waals surface area contributed by atoms with E-state index in [2.05, 4.69) is 50.1 Å². The third-order valence-electron chi connectivity index (χ3n) is 3.81. The average Bonchev–Trinajstić information content (AvgIpc) is 2.41. The van der Waals surface area contributed by atoms with Crippen LogP contribution in [0.1, 0.15) is 43.5 Å². The van der Waals surface area contributed by atoms with Crippen molar-refractivity contribution in [2.75, 3.05) is 24.5 Å². The maximum atomic E-state index is 4.83. The van der Waals surface area contributed by atoms with Gasteiger partial charge in [0, 0.05) is 30.9 Å². The van der Waals surface area contributed by atoms with Crippen molar-refractivity contribution in [3.05, 3.63) is 34.5 Å². The Morgan fingerprint density at radius 2 is 2.10 bits per heavy atom. The molecule has 0 aromatic carbocycles. The summed E-state index contributed by atoms with van der Waals surface area (Å²) in [5.74, 6) is 1.18. The van der Waals surface area contributed by atoms with Crippen LogP contribution in [0.15, 0.2) is 17.7 Å². The van der Waals surface area contributed by atoms with Crippen molar-refractivity contribution < 1.29 is 0 Å². The minimum atomic E-state index is 0.918. The van der Waals surface area contributed by atoms with E-state index in [1.165, 1.54) is 28.9 Å². The molecule has 0 unspecified atom stereocenters. The highest BCUT2D eigenvalue weighted by Crippen LogP contribution is 2.25. The number of aryl methyl sites for hydroxylation is 2. The zero-order valence-corrected chi connectivity index (χ0v) is 13.3. The first-order valence-corrected chi connectivity index (χ1v) is 7.70. The van der Waals surface area contributed by atoms with Gasteiger partial charge in [-0.25, -0.2) is 4.98 Å². The maximum Gasteiger partial charge on any atom is 0.133 e. The smallest absolute Gasteiger partial charge is 0.133 e. The Labute approximate surface area is 123 Å². The van der Waals surface area contributed by atoms with Gasteiger partial charge >= 0.3 is 0 Å². The zero-order valence-electron chi connectivity index (χ0n) is 13.3. The van der Waals surface area contributed by atoms with Gasteiger partial charge in [-0.1, -0.05) is 18.6 Å².